The Morgan fingerprint density at radius 3 is 2.81 bits per heavy atom. The number of hydrogen-bond acceptors (Lipinski definition) is 2. The van der Waals surface area contributed by atoms with Gasteiger partial charge in [0, 0.05) is 18.1 Å². The maximum absolute atomic E-state index is 3.65. The van der Waals surface area contributed by atoms with Gasteiger partial charge in [0.2, 0.25) is 0 Å². The summed E-state index contributed by atoms with van der Waals surface area (Å²) in [5, 5.41) is 3.65. The minimum absolute atomic E-state index is 0.496. The molecule has 1 aliphatic heterocycles. The fourth-order valence-corrected chi connectivity index (χ4v) is 4.54. The first-order chi connectivity index (χ1) is 10.3. The highest BCUT2D eigenvalue weighted by Crippen LogP contribution is 2.35. The van der Waals surface area contributed by atoms with Gasteiger partial charge >= 0.3 is 0 Å². The summed E-state index contributed by atoms with van der Waals surface area (Å²) < 4.78 is 0. The van der Waals surface area contributed by atoms with E-state index >= 15 is 0 Å². The number of nitrogens with one attached hydrogen (secondary N) is 1. The maximum Gasteiger partial charge on any atom is 0.0478 e. The highest BCUT2D eigenvalue weighted by atomic mass is 15.2. The van der Waals surface area contributed by atoms with Crippen molar-refractivity contribution in [2.75, 3.05) is 13.6 Å². The Kier molecular flexibility index (Phi) is 4.97. The molecule has 2 heteroatoms. The molecule has 2 aliphatic rings. The smallest absolute Gasteiger partial charge is 0.0478 e. The number of likely N-dealkylation sites (N-methyl/N-ethyl adjacent to an activating group) is 1. The van der Waals surface area contributed by atoms with Crippen molar-refractivity contribution in [3.05, 3.63) is 35.4 Å². The predicted octanol–water partition coefficient (Wildman–Crippen LogP) is 3.92. The topological polar surface area (TPSA) is 15.3 Å². The van der Waals surface area contributed by atoms with Gasteiger partial charge in [-0.25, -0.2) is 0 Å². The monoisotopic (exact) mass is 286 g/mol. The lowest BCUT2D eigenvalue weighted by atomic mass is 9.90. The first-order valence-electron chi connectivity index (χ1n) is 8.86. The number of piperidine rings is 1. The Morgan fingerprint density at radius 1 is 1.14 bits per heavy atom. The lowest BCUT2D eigenvalue weighted by molar-refractivity contribution is 0.0662. The molecule has 0 saturated carbocycles. The zero-order valence-corrected chi connectivity index (χ0v) is 13.6. The van der Waals surface area contributed by atoms with Gasteiger partial charge in [-0.05, 0) is 63.2 Å². The summed E-state index contributed by atoms with van der Waals surface area (Å²) in [6.07, 6.45) is 9.40. The largest absolute Gasteiger partial charge is 0.312 e. The van der Waals surface area contributed by atoms with Crippen LogP contribution in [0.5, 0.6) is 0 Å². The van der Waals surface area contributed by atoms with Crippen molar-refractivity contribution >= 4 is 0 Å². The average molecular weight is 286 g/mol. The molecule has 21 heavy (non-hydrogen) atoms. The van der Waals surface area contributed by atoms with Crippen LogP contribution in [-0.4, -0.2) is 30.6 Å². The molecule has 1 N–H and O–H groups in total. The van der Waals surface area contributed by atoms with Crippen molar-refractivity contribution in [3.63, 3.8) is 0 Å². The van der Waals surface area contributed by atoms with Crippen molar-refractivity contribution in [1.82, 2.24) is 10.2 Å². The van der Waals surface area contributed by atoms with Crippen molar-refractivity contribution in [2.45, 2.75) is 70.0 Å². The first-order valence-corrected chi connectivity index (χ1v) is 8.86. The van der Waals surface area contributed by atoms with E-state index in [1.807, 2.05) is 0 Å². The third kappa shape index (κ3) is 3.02. The molecule has 0 radical (unpaired) electrons. The van der Waals surface area contributed by atoms with Crippen LogP contribution < -0.4 is 5.32 Å². The van der Waals surface area contributed by atoms with Gasteiger partial charge in [0.15, 0.2) is 0 Å². The Labute approximate surface area is 129 Å². The number of benzene rings is 1. The van der Waals surface area contributed by atoms with Crippen LogP contribution in [0, 0.1) is 0 Å². The Morgan fingerprint density at radius 2 is 2.00 bits per heavy atom. The summed E-state index contributed by atoms with van der Waals surface area (Å²) in [5.41, 5.74) is 3.10. The number of fused-ring (bicyclic) bond motifs is 1. The molecule has 1 fully saturated rings. The first kappa shape index (κ1) is 15.1. The molecular formula is C19H30N2. The fraction of sp³-hybridized carbons (Fsp3) is 0.684. The minimum atomic E-state index is 0.496. The van der Waals surface area contributed by atoms with E-state index in [9.17, 15) is 0 Å². The van der Waals surface area contributed by atoms with Gasteiger partial charge in [0.05, 0.1) is 0 Å². The van der Waals surface area contributed by atoms with Crippen LogP contribution in [0.1, 0.15) is 62.6 Å². The molecule has 116 valence electrons. The van der Waals surface area contributed by atoms with E-state index in [2.05, 4.69) is 48.5 Å². The number of aryl methyl sites for hydroxylation is 1. The molecule has 1 aromatic rings. The third-order valence-electron chi connectivity index (χ3n) is 5.60. The van der Waals surface area contributed by atoms with Gasteiger partial charge < -0.3 is 5.32 Å². The second-order valence-electron chi connectivity index (χ2n) is 6.72. The molecule has 1 heterocycles. The summed E-state index contributed by atoms with van der Waals surface area (Å²) in [6, 6.07) is 11.0. The van der Waals surface area contributed by atoms with Gasteiger partial charge in [0.25, 0.3) is 0 Å². The van der Waals surface area contributed by atoms with Crippen LogP contribution in [0.25, 0.3) is 0 Å². The molecule has 0 amide bonds. The molecule has 0 spiro atoms. The lowest BCUT2D eigenvalue weighted by Crippen LogP contribution is -2.50. The third-order valence-corrected chi connectivity index (χ3v) is 5.60. The number of nitrogens with zero attached hydrogens (tertiary/aromatic N) is 1. The van der Waals surface area contributed by atoms with Crippen LogP contribution in [0.2, 0.25) is 0 Å². The van der Waals surface area contributed by atoms with Crippen molar-refractivity contribution in [1.29, 1.82) is 0 Å². The SMILES string of the molecule is CCC1CCCCN1C1CCCc2ccccc2C1NC. The van der Waals surface area contributed by atoms with E-state index < -0.39 is 0 Å². The van der Waals surface area contributed by atoms with Crippen LogP contribution in [0.4, 0.5) is 0 Å². The molecule has 3 atom stereocenters. The van der Waals surface area contributed by atoms with E-state index in [4.69, 9.17) is 0 Å². The number of rotatable bonds is 3. The lowest BCUT2D eigenvalue weighted by Gasteiger charge is -2.44. The van der Waals surface area contributed by atoms with Gasteiger partial charge in [-0.3, -0.25) is 4.90 Å². The van der Waals surface area contributed by atoms with Crippen LogP contribution >= 0.6 is 0 Å². The van der Waals surface area contributed by atoms with Gasteiger partial charge in [-0.1, -0.05) is 37.6 Å². The Hall–Kier alpha value is -0.860. The molecular weight excluding hydrogens is 256 g/mol. The average Bonchev–Trinajstić information content (AvgIpc) is 2.73. The predicted molar refractivity (Wildman–Crippen MR) is 89.6 cm³/mol. The number of likely N-dealkylation sites (tertiary alicyclic amines) is 1. The van der Waals surface area contributed by atoms with Crippen LogP contribution in [0.15, 0.2) is 24.3 Å². The normalized spacial score (nSPS) is 30.7. The second-order valence-corrected chi connectivity index (χ2v) is 6.72. The molecule has 1 aliphatic carbocycles. The summed E-state index contributed by atoms with van der Waals surface area (Å²) in [6.45, 7) is 3.66. The quantitative estimate of drug-likeness (QED) is 0.847. The fourth-order valence-electron chi connectivity index (χ4n) is 4.54. The van der Waals surface area contributed by atoms with Crippen molar-refractivity contribution < 1.29 is 0 Å². The van der Waals surface area contributed by atoms with Crippen molar-refractivity contribution in [2.24, 2.45) is 0 Å². The molecule has 2 nitrogen and oxygen atoms in total. The molecule has 0 aromatic heterocycles. The van der Waals surface area contributed by atoms with Crippen LogP contribution in [0.3, 0.4) is 0 Å². The van der Waals surface area contributed by atoms with E-state index in [0.717, 1.165) is 6.04 Å². The highest BCUT2D eigenvalue weighted by Gasteiger charge is 2.34. The van der Waals surface area contributed by atoms with E-state index in [-0.39, 0.29) is 0 Å². The van der Waals surface area contributed by atoms with E-state index in [1.54, 1.807) is 11.1 Å². The summed E-state index contributed by atoms with van der Waals surface area (Å²) >= 11 is 0. The molecule has 3 rings (SSSR count). The molecule has 0 bridgehead atoms. The van der Waals surface area contributed by atoms with Gasteiger partial charge in [-0.2, -0.15) is 0 Å². The Balaban J connectivity index is 1.90. The van der Waals surface area contributed by atoms with Crippen LogP contribution in [-0.2, 0) is 6.42 Å². The molecule has 1 saturated heterocycles. The van der Waals surface area contributed by atoms with Gasteiger partial charge in [0.1, 0.15) is 0 Å². The minimum Gasteiger partial charge on any atom is -0.312 e. The van der Waals surface area contributed by atoms with Crippen molar-refractivity contribution in [3.8, 4) is 0 Å². The zero-order valence-electron chi connectivity index (χ0n) is 13.6. The molecule has 1 aromatic carbocycles. The van der Waals surface area contributed by atoms with E-state index in [1.165, 1.54) is 51.5 Å². The maximum atomic E-state index is 3.65. The van der Waals surface area contributed by atoms with Gasteiger partial charge in [-0.15, -0.1) is 0 Å². The van der Waals surface area contributed by atoms with E-state index in [0.29, 0.717) is 12.1 Å². The number of hydrogen-bond donors (Lipinski definition) is 1. The highest BCUT2D eigenvalue weighted by molar-refractivity contribution is 5.32. The Bertz CT molecular complexity index is 457. The summed E-state index contributed by atoms with van der Waals surface area (Å²) in [4.78, 5) is 2.84. The second kappa shape index (κ2) is 6.93. The standard InChI is InChI=1S/C19H30N2/c1-3-16-11-6-7-14-21(16)18-13-8-10-15-9-4-5-12-17(15)19(18)20-2/h4-5,9,12,16,18-20H,3,6-8,10-11,13-14H2,1-2H3. The zero-order chi connectivity index (χ0) is 14.7. The molecule has 3 unspecified atom stereocenters. The summed E-state index contributed by atoms with van der Waals surface area (Å²) in [5.74, 6) is 0. The summed E-state index contributed by atoms with van der Waals surface area (Å²) in [7, 11) is 2.14.